The minimum atomic E-state index is 0.160. The summed E-state index contributed by atoms with van der Waals surface area (Å²) in [7, 11) is 1.82. The van der Waals surface area contributed by atoms with Gasteiger partial charge in [-0.05, 0) is 18.3 Å². The zero-order valence-corrected chi connectivity index (χ0v) is 12.5. The zero-order chi connectivity index (χ0) is 13.7. The second-order valence-electron chi connectivity index (χ2n) is 5.67. The molecule has 1 saturated heterocycles. The van der Waals surface area contributed by atoms with Crippen molar-refractivity contribution < 1.29 is 4.79 Å². The van der Waals surface area contributed by atoms with Crippen molar-refractivity contribution in [3.63, 3.8) is 0 Å². The molecule has 0 aliphatic carbocycles. The molecule has 0 aromatic rings. The fourth-order valence-corrected chi connectivity index (χ4v) is 2.73. The van der Waals surface area contributed by atoms with Crippen LogP contribution in [0.5, 0.6) is 0 Å². The summed E-state index contributed by atoms with van der Waals surface area (Å²) in [5.74, 6) is 1.53. The lowest BCUT2D eigenvalue weighted by atomic mass is 9.92. The van der Waals surface area contributed by atoms with Gasteiger partial charge in [-0.3, -0.25) is 9.69 Å². The Morgan fingerprint density at radius 2 is 1.94 bits per heavy atom. The number of nitrogens with two attached hydrogens (primary N) is 1. The lowest BCUT2D eigenvalue weighted by Gasteiger charge is -2.35. The molecule has 0 saturated carbocycles. The summed E-state index contributed by atoms with van der Waals surface area (Å²) in [4.78, 5) is 16.5. The average molecular weight is 271 g/mol. The van der Waals surface area contributed by atoms with E-state index in [0.29, 0.717) is 36.3 Å². The van der Waals surface area contributed by atoms with Crippen molar-refractivity contribution in [3.05, 3.63) is 0 Å². The fraction of sp³-hybridized carbons (Fsp3) is 0.846. The summed E-state index contributed by atoms with van der Waals surface area (Å²) in [5, 5.41) is 0. The maximum absolute atomic E-state index is 12.0. The number of carbonyl (C=O) groups excluding carboxylic acids is 1. The van der Waals surface area contributed by atoms with E-state index in [0.717, 1.165) is 13.1 Å². The molecule has 1 fully saturated rings. The van der Waals surface area contributed by atoms with E-state index in [1.54, 1.807) is 4.90 Å². The fourth-order valence-electron chi connectivity index (χ4n) is 2.64. The van der Waals surface area contributed by atoms with E-state index in [-0.39, 0.29) is 5.91 Å². The number of rotatable bonds is 5. The van der Waals surface area contributed by atoms with Crippen LogP contribution < -0.4 is 5.73 Å². The Labute approximate surface area is 115 Å². The third-order valence-corrected chi connectivity index (χ3v) is 3.63. The highest BCUT2D eigenvalue weighted by Crippen LogP contribution is 2.20. The van der Waals surface area contributed by atoms with Crippen LogP contribution in [0.4, 0.5) is 0 Å². The molecule has 0 spiro atoms. The van der Waals surface area contributed by atoms with Gasteiger partial charge in [0.2, 0.25) is 5.91 Å². The van der Waals surface area contributed by atoms with Crippen molar-refractivity contribution in [2.75, 3.05) is 33.2 Å². The first-order chi connectivity index (χ1) is 8.38. The van der Waals surface area contributed by atoms with Gasteiger partial charge in [0.1, 0.15) is 0 Å². The second kappa shape index (κ2) is 7.04. The molecule has 0 aromatic carbocycles. The van der Waals surface area contributed by atoms with Crippen LogP contribution in [-0.2, 0) is 4.79 Å². The average Bonchev–Trinajstić information content (AvgIpc) is 2.24. The Bertz CT molecular complexity index is 299. The van der Waals surface area contributed by atoms with E-state index in [4.69, 9.17) is 18.0 Å². The highest BCUT2D eigenvalue weighted by atomic mass is 32.1. The van der Waals surface area contributed by atoms with Crippen molar-refractivity contribution in [2.45, 2.75) is 26.7 Å². The molecule has 1 amide bonds. The van der Waals surface area contributed by atoms with E-state index in [9.17, 15) is 4.79 Å². The second-order valence-corrected chi connectivity index (χ2v) is 6.20. The number of likely N-dealkylation sites (tertiary alicyclic amines) is 1. The molecule has 0 bridgehead atoms. The SMILES string of the molecule is CC1CC(C)CN(CC(=O)N(C)CCC(N)=S)C1. The number of nitrogens with zero attached hydrogens (tertiary/aromatic N) is 2. The van der Waals surface area contributed by atoms with Gasteiger partial charge < -0.3 is 10.6 Å². The number of amides is 1. The van der Waals surface area contributed by atoms with Crippen LogP contribution in [0.1, 0.15) is 26.7 Å². The predicted molar refractivity (Wildman–Crippen MR) is 78.4 cm³/mol. The summed E-state index contributed by atoms with van der Waals surface area (Å²) in [6.45, 7) is 7.70. The highest BCUT2D eigenvalue weighted by molar-refractivity contribution is 7.80. The van der Waals surface area contributed by atoms with Gasteiger partial charge in [0.05, 0.1) is 11.5 Å². The first kappa shape index (κ1) is 15.4. The van der Waals surface area contributed by atoms with E-state index in [1.807, 2.05) is 7.05 Å². The zero-order valence-electron chi connectivity index (χ0n) is 11.7. The van der Waals surface area contributed by atoms with Crippen molar-refractivity contribution in [1.82, 2.24) is 9.80 Å². The summed E-state index contributed by atoms with van der Waals surface area (Å²) in [5.41, 5.74) is 5.44. The molecule has 104 valence electrons. The third-order valence-electron chi connectivity index (χ3n) is 3.42. The molecule has 2 unspecified atom stereocenters. The Balaban J connectivity index is 2.36. The van der Waals surface area contributed by atoms with Gasteiger partial charge in [-0.15, -0.1) is 0 Å². The first-order valence-corrected chi connectivity index (χ1v) is 7.04. The molecule has 1 heterocycles. The van der Waals surface area contributed by atoms with E-state index >= 15 is 0 Å². The molecular weight excluding hydrogens is 246 g/mol. The van der Waals surface area contributed by atoms with Gasteiger partial charge in [-0.2, -0.15) is 0 Å². The Hall–Kier alpha value is -0.680. The van der Waals surface area contributed by atoms with Gasteiger partial charge in [0, 0.05) is 33.1 Å². The Morgan fingerprint density at radius 1 is 1.39 bits per heavy atom. The largest absolute Gasteiger partial charge is 0.393 e. The van der Waals surface area contributed by atoms with Crippen LogP contribution in [0, 0.1) is 11.8 Å². The minimum Gasteiger partial charge on any atom is -0.393 e. The van der Waals surface area contributed by atoms with Crippen LogP contribution in [0.15, 0.2) is 0 Å². The number of hydrogen-bond donors (Lipinski definition) is 1. The van der Waals surface area contributed by atoms with Crippen molar-refractivity contribution in [2.24, 2.45) is 17.6 Å². The predicted octanol–water partition coefficient (Wildman–Crippen LogP) is 1.10. The van der Waals surface area contributed by atoms with E-state index in [2.05, 4.69) is 18.7 Å². The third kappa shape index (κ3) is 5.31. The maximum atomic E-state index is 12.0. The van der Waals surface area contributed by atoms with Crippen LogP contribution in [-0.4, -0.2) is 53.9 Å². The number of hydrogen-bond acceptors (Lipinski definition) is 3. The molecule has 1 rings (SSSR count). The first-order valence-electron chi connectivity index (χ1n) is 6.63. The van der Waals surface area contributed by atoms with Crippen molar-refractivity contribution in [1.29, 1.82) is 0 Å². The molecule has 1 aliphatic rings. The minimum absolute atomic E-state index is 0.160. The maximum Gasteiger partial charge on any atom is 0.236 e. The van der Waals surface area contributed by atoms with Crippen molar-refractivity contribution >= 4 is 23.1 Å². The molecular formula is C13H25N3OS. The monoisotopic (exact) mass is 271 g/mol. The molecule has 2 N–H and O–H groups in total. The number of piperidine rings is 1. The number of carbonyl (C=O) groups is 1. The van der Waals surface area contributed by atoms with Crippen LogP contribution in [0.25, 0.3) is 0 Å². The molecule has 2 atom stereocenters. The topological polar surface area (TPSA) is 49.6 Å². The number of thiocarbonyl (C=S) groups is 1. The molecule has 0 radical (unpaired) electrons. The van der Waals surface area contributed by atoms with Gasteiger partial charge in [-0.25, -0.2) is 0 Å². The highest BCUT2D eigenvalue weighted by Gasteiger charge is 2.24. The quantitative estimate of drug-likeness (QED) is 0.761. The van der Waals surface area contributed by atoms with Crippen LogP contribution >= 0.6 is 12.2 Å². The smallest absolute Gasteiger partial charge is 0.236 e. The Morgan fingerprint density at radius 3 is 2.44 bits per heavy atom. The van der Waals surface area contributed by atoms with Crippen LogP contribution in [0.2, 0.25) is 0 Å². The standard InChI is InChI=1S/C13H25N3OS/c1-10-6-11(2)8-16(7-10)9-13(17)15(3)5-4-12(14)18/h10-11H,4-9H2,1-3H3,(H2,14,18). The summed E-state index contributed by atoms with van der Waals surface area (Å²) < 4.78 is 0. The molecule has 0 aromatic heterocycles. The van der Waals surface area contributed by atoms with E-state index in [1.165, 1.54) is 6.42 Å². The molecule has 1 aliphatic heterocycles. The normalized spacial score (nSPS) is 24.8. The summed E-state index contributed by atoms with van der Waals surface area (Å²) >= 11 is 4.82. The number of likely N-dealkylation sites (N-methyl/N-ethyl adjacent to an activating group) is 1. The molecule has 5 heteroatoms. The van der Waals surface area contributed by atoms with Gasteiger partial charge in [0.15, 0.2) is 0 Å². The van der Waals surface area contributed by atoms with Crippen LogP contribution in [0.3, 0.4) is 0 Å². The lowest BCUT2D eigenvalue weighted by molar-refractivity contribution is -0.131. The van der Waals surface area contributed by atoms with Gasteiger partial charge >= 0.3 is 0 Å². The summed E-state index contributed by atoms with van der Waals surface area (Å²) in [6.07, 6.45) is 1.87. The molecule has 4 nitrogen and oxygen atoms in total. The lowest BCUT2D eigenvalue weighted by Crippen LogP contribution is -2.45. The van der Waals surface area contributed by atoms with Gasteiger partial charge in [-0.1, -0.05) is 26.1 Å². The van der Waals surface area contributed by atoms with E-state index < -0.39 is 0 Å². The molecule has 18 heavy (non-hydrogen) atoms. The summed E-state index contributed by atoms with van der Waals surface area (Å²) in [6, 6.07) is 0. The van der Waals surface area contributed by atoms with Crippen molar-refractivity contribution in [3.8, 4) is 0 Å². The Kier molecular flexibility index (Phi) is 6.02. The van der Waals surface area contributed by atoms with Gasteiger partial charge in [0.25, 0.3) is 0 Å².